The second-order valence-corrected chi connectivity index (χ2v) is 3.04. The topological polar surface area (TPSA) is 17.1 Å². The van der Waals surface area contributed by atoms with Crippen molar-refractivity contribution in [3.8, 4) is 0 Å². The fraction of sp³-hybridized carbons (Fsp3) is 0. The molecule has 0 aliphatic heterocycles. The molecule has 0 radical (unpaired) electrons. The van der Waals surface area contributed by atoms with E-state index in [1.165, 1.54) is 12.1 Å². The van der Waals surface area contributed by atoms with Gasteiger partial charge in [0.2, 0.25) is 0 Å². The Balaban J connectivity index is 2.99. The lowest BCUT2D eigenvalue weighted by Crippen LogP contribution is -1.94. The summed E-state index contributed by atoms with van der Waals surface area (Å²) < 4.78 is 39.9. The zero-order chi connectivity index (χ0) is 11.0. The number of carbonyl (C=O) groups excluding carboxylic acids is 1. The number of hydrogen-bond donors (Lipinski definition) is 0. The summed E-state index contributed by atoms with van der Waals surface area (Å²) in [7, 11) is 0. The summed E-state index contributed by atoms with van der Waals surface area (Å²) in [5.41, 5.74) is -0.411. The molecule has 0 aliphatic rings. The predicted molar refractivity (Wildman–Crippen MR) is 49.2 cm³/mol. The molecule has 0 amide bonds. The van der Waals surface area contributed by atoms with Crippen molar-refractivity contribution in [2.75, 3.05) is 0 Å². The number of carbonyl (C=O) groups is 1. The first-order valence-corrected chi connectivity index (χ1v) is 4.16. The molecule has 2 rings (SSSR count). The van der Waals surface area contributed by atoms with Crippen molar-refractivity contribution in [2.24, 2.45) is 0 Å². The summed E-state index contributed by atoms with van der Waals surface area (Å²) in [6.07, 6.45) is 0.197. The van der Waals surface area contributed by atoms with E-state index in [4.69, 9.17) is 0 Å². The minimum atomic E-state index is -0.938. The van der Waals surface area contributed by atoms with Crippen LogP contribution in [0.3, 0.4) is 0 Å². The number of aldehydes is 1. The van der Waals surface area contributed by atoms with Crippen molar-refractivity contribution in [2.45, 2.75) is 0 Å². The van der Waals surface area contributed by atoms with Gasteiger partial charge in [-0.25, -0.2) is 13.2 Å². The Kier molecular flexibility index (Phi) is 2.19. The number of halogens is 3. The molecule has 0 spiro atoms. The third-order valence-electron chi connectivity index (χ3n) is 2.15. The lowest BCUT2D eigenvalue weighted by Gasteiger charge is -2.04. The molecule has 0 atom stereocenters. The Hall–Kier alpha value is -1.84. The maximum atomic E-state index is 13.5. The maximum absolute atomic E-state index is 13.5. The van der Waals surface area contributed by atoms with E-state index in [0.717, 1.165) is 6.07 Å². The number of hydrogen-bond acceptors (Lipinski definition) is 1. The highest BCUT2D eigenvalue weighted by Gasteiger charge is 2.14. The van der Waals surface area contributed by atoms with Gasteiger partial charge < -0.3 is 0 Å². The molecular weight excluding hydrogens is 205 g/mol. The average Bonchev–Trinajstić information content (AvgIpc) is 2.23. The highest BCUT2D eigenvalue weighted by molar-refractivity contribution is 5.90. The quantitative estimate of drug-likeness (QED) is 0.661. The van der Waals surface area contributed by atoms with E-state index in [2.05, 4.69) is 0 Å². The lowest BCUT2D eigenvalue weighted by atomic mass is 10.1. The summed E-state index contributed by atoms with van der Waals surface area (Å²) in [4.78, 5) is 10.4. The summed E-state index contributed by atoms with van der Waals surface area (Å²) in [6, 6.07) is 4.21. The van der Waals surface area contributed by atoms with Gasteiger partial charge in [-0.3, -0.25) is 4.79 Å². The van der Waals surface area contributed by atoms with Crippen molar-refractivity contribution in [1.29, 1.82) is 0 Å². The molecule has 15 heavy (non-hydrogen) atoms. The van der Waals surface area contributed by atoms with E-state index in [-0.39, 0.29) is 11.7 Å². The lowest BCUT2D eigenvalue weighted by molar-refractivity contribution is 0.111. The molecule has 0 fully saturated rings. The normalized spacial score (nSPS) is 10.6. The van der Waals surface area contributed by atoms with E-state index in [0.29, 0.717) is 6.07 Å². The van der Waals surface area contributed by atoms with Crippen LogP contribution in [0.1, 0.15) is 10.4 Å². The standard InChI is InChI=1S/C11H5F3O/c12-8-3-1-2-7-10(8)9(13)4-6(5-15)11(7)14/h1-5H. The molecule has 0 N–H and O–H groups in total. The van der Waals surface area contributed by atoms with E-state index < -0.39 is 28.4 Å². The molecular formula is C11H5F3O. The van der Waals surface area contributed by atoms with Crippen LogP contribution in [0.25, 0.3) is 10.8 Å². The van der Waals surface area contributed by atoms with Gasteiger partial charge >= 0.3 is 0 Å². The fourth-order valence-electron chi connectivity index (χ4n) is 1.46. The van der Waals surface area contributed by atoms with Crippen LogP contribution in [-0.2, 0) is 0 Å². The van der Waals surface area contributed by atoms with Gasteiger partial charge in [0.25, 0.3) is 0 Å². The summed E-state index contributed by atoms with van der Waals surface area (Å²) in [6.45, 7) is 0. The molecule has 0 unspecified atom stereocenters. The van der Waals surface area contributed by atoms with E-state index in [1.807, 2.05) is 0 Å². The Bertz CT molecular complexity index is 549. The van der Waals surface area contributed by atoms with Gasteiger partial charge in [-0.2, -0.15) is 0 Å². The Morgan fingerprint density at radius 1 is 1.07 bits per heavy atom. The molecule has 4 heteroatoms. The first-order valence-electron chi connectivity index (χ1n) is 4.16. The molecule has 0 aliphatic carbocycles. The number of rotatable bonds is 1. The van der Waals surface area contributed by atoms with Gasteiger partial charge in [0.1, 0.15) is 17.5 Å². The van der Waals surface area contributed by atoms with Crippen molar-refractivity contribution >= 4 is 17.1 Å². The highest BCUT2D eigenvalue weighted by atomic mass is 19.1. The predicted octanol–water partition coefficient (Wildman–Crippen LogP) is 3.07. The molecule has 0 saturated heterocycles. The second-order valence-electron chi connectivity index (χ2n) is 3.04. The van der Waals surface area contributed by atoms with Crippen molar-refractivity contribution < 1.29 is 18.0 Å². The van der Waals surface area contributed by atoms with Crippen molar-refractivity contribution in [1.82, 2.24) is 0 Å². The van der Waals surface area contributed by atoms with Crippen LogP contribution in [0.5, 0.6) is 0 Å². The van der Waals surface area contributed by atoms with Crippen LogP contribution in [0.2, 0.25) is 0 Å². The number of benzene rings is 2. The molecule has 0 heterocycles. The molecule has 76 valence electrons. The highest BCUT2D eigenvalue weighted by Crippen LogP contribution is 2.25. The van der Waals surface area contributed by atoms with Crippen LogP contribution in [-0.4, -0.2) is 6.29 Å². The summed E-state index contributed by atoms with van der Waals surface area (Å²) in [5.74, 6) is -2.69. The van der Waals surface area contributed by atoms with E-state index >= 15 is 0 Å². The van der Waals surface area contributed by atoms with Crippen molar-refractivity contribution in [3.63, 3.8) is 0 Å². The first kappa shape index (κ1) is 9.71. The monoisotopic (exact) mass is 210 g/mol. The van der Waals surface area contributed by atoms with Gasteiger partial charge in [-0.1, -0.05) is 12.1 Å². The van der Waals surface area contributed by atoms with Crippen LogP contribution in [0.15, 0.2) is 24.3 Å². The zero-order valence-electron chi connectivity index (χ0n) is 7.43. The SMILES string of the molecule is O=Cc1cc(F)c2c(F)cccc2c1F. The molecule has 1 nitrogen and oxygen atoms in total. The third-order valence-corrected chi connectivity index (χ3v) is 2.15. The minimum Gasteiger partial charge on any atom is -0.298 e. The Morgan fingerprint density at radius 3 is 2.47 bits per heavy atom. The van der Waals surface area contributed by atoms with E-state index in [9.17, 15) is 18.0 Å². The third kappa shape index (κ3) is 1.38. The first-order chi connectivity index (χ1) is 7.15. The molecule has 0 bridgehead atoms. The molecule has 2 aromatic carbocycles. The Morgan fingerprint density at radius 2 is 1.80 bits per heavy atom. The van der Waals surface area contributed by atoms with Gasteiger partial charge in [-0.15, -0.1) is 0 Å². The Labute approximate surface area is 83.1 Å². The van der Waals surface area contributed by atoms with Crippen LogP contribution in [0, 0.1) is 17.5 Å². The molecule has 2 aromatic rings. The van der Waals surface area contributed by atoms with Gasteiger partial charge in [0.05, 0.1) is 10.9 Å². The zero-order valence-corrected chi connectivity index (χ0v) is 7.43. The van der Waals surface area contributed by atoms with Crippen molar-refractivity contribution in [3.05, 3.63) is 47.3 Å². The van der Waals surface area contributed by atoms with Crippen LogP contribution >= 0.6 is 0 Å². The fourth-order valence-corrected chi connectivity index (χ4v) is 1.46. The van der Waals surface area contributed by atoms with Gasteiger partial charge in [-0.05, 0) is 12.1 Å². The smallest absolute Gasteiger partial charge is 0.153 e. The maximum Gasteiger partial charge on any atom is 0.153 e. The van der Waals surface area contributed by atoms with Crippen LogP contribution in [0.4, 0.5) is 13.2 Å². The van der Waals surface area contributed by atoms with Crippen LogP contribution < -0.4 is 0 Å². The molecule has 0 aromatic heterocycles. The summed E-state index contributed by atoms with van der Waals surface area (Å²) in [5, 5.41) is -0.655. The molecule has 0 saturated carbocycles. The average molecular weight is 210 g/mol. The summed E-state index contributed by atoms with van der Waals surface area (Å²) >= 11 is 0. The second kappa shape index (κ2) is 3.38. The largest absolute Gasteiger partial charge is 0.298 e. The van der Waals surface area contributed by atoms with Gasteiger partial charge in [0, 0.05) is 5.39 Å². The van der Waals surface area contributed by atoms with E-state index in [1.54, 1.807) is 0 Å². The van der Waals surface area contributed by atoms with Gasteiger partial charge in [0.15, 0.2) is 6.29 Å². The number of fused-ring (bicyclic) bond motifs is 1. The minimum absolute atomic E-state index is 0.197.